The van der Waals surface area contributed by atoms with Crippen LogP contribution < -0.4 is 4.72 Å². The Morgan fingerprint density at radius 2 is 2.11 bits per heavy atom. The van der Waals surface area contributed by atoms with Crippen molar-refractivity contribution in [3.8, 4) is 0 Å². The molecular weight excluding hydrogens is 635 g/mol. The third kappa shape index (κ3) is 5.09. The molecule has 0 spiro atoms. The van der Waals surface area contributed by atoms with Gasteiger partial charge in [0, 0.05) is 50.4 Å². The van der Waals surface area contributed by atoms with Crippen molar-refractivity contribution in [2.75, 3.05) is 13.2 Å². The molecule has 1 aromatic carbocycles. The van der Waals surface area contributed by atoms with Gasteiger partial charge in [-0.3, -0.25) is 4.99 Å². The molecule has 1 N–H and O–H groups in total. The van der Waals surface area contributed by atoms with Crippen LogP contribution in [0.1, 0.15) is 55.6 Å². The average Bonchev–Trinajstić information content (AvgIpc) is 3.59. The van der Waals surface area contributed by atoms with Gasteiger partial charge in [0.05, 0.1) is 17.4 Å². The van der Waals surface area contributed by atoms with Crippen molar-refractivity contribution in [2.45, 2.75) is 56.4 Å². The van der Waals surface area contributed by atoms with Crippen LogP contribution in [0, 0.1) is 3.57 Å². The van der Waals surface area contributed by atoms with Crippen LogP contribution in [0.4, 0.5) is 0 Å². The molecule has 0 unspecified atom stereocenters. The zero-order valence-corrected chi connectivity index (χ0v) is 24.2. The Morgan fingerprint density at radius 1 is 1.33 bits per heavy atom. The molecule has 5 rings (SSSR count). The summed E-state index contributed by atoms with van der Waals surface area (Å²) in [7, 11) is -3.47. The second-order valence-corrected chi connectivity index (χ2v) is 13.6. The van der Waals surface area contributed by atoms with Gasteiger partial charge in [0.1, 0.15) is 6.04 Å². The standard InChI is InChI=1S/C24H26ClIN4O4S2/c1-2-34-24(31)20-19-12-15(29-36(32,33)16-5-3-4-6-16)13-30(19)22(23-27-9-10-35-23)28-21(20)17-8-7-14(26)11-18(17)25/h7-11,15-16,21,29H,2-6,12-13H2,1H3/t15-,21-/m0/s1. The molecule has 1 aliphatic carbocycles. The van der Waals surface area contributed by atoms with Gasteiger partial charge in [-0.25, -0.2) is 22.9 Å². The number of carbonyl (C=O) groups is 1. The fraction of sp³-hybridized carbons (Fsp3) is 0.458. The monoisotopic (exact) mass is 660 g/mol. The van der Waals surface area contributed by atoms with Gasteiger partial charge < -0.3 is 9.64 Å². The van der Waals surface area contributed by atoms with E-state index in [1.54, 1.807) is 13.1 Å². The fourth-order valence-electron chi connectivity index (χ4n) is 5.12. The third-order valence-electron chi connectivity index (χ3n) is 6.71. The number of aliphatic imine (C=N–C) groups is 1. The summed E-state index contributed by atoms with van der Waals surface area (Å²) >= 11 is 10.3. The summed E-state index contributed by atoms with van der Waals surface area (Å²) < 4.78 is 35.5. The van der Waals surface area contributed by atoms with Gasteiger partial charge in [-0.2, -0.15) is 0 Å². The first-order valence-electron chi connectivity index (χ1n) is 11.9. The average molecular weight is 661 g/mol. The molecule has 3 heterocycles. The lowest BCUT2D eigenvalue weighted by atomic mass is 9.94. The van der Waals surface area contributed by atoms with Crippen molar-refractivity contribution in [2.24, 2.45) is 4.99 Å². The van der Waals surface area contributed by atoms with Gasteiger partial charge in [0.2, 0.25) is 10.0 Å². The number of rotatable bonds is 7. The van der Waals surface area contributed by atoms with E-state index in [9.17, 15) is 13.2 Å². The van der Waals surface area contributed by atoms with Crippen molar-refractivity contribution < 1.29 is 17.9 Å². The number of hydrogen-bond acceptors (Lipinski definition) is 8. The highest BCUT2D eigenvalue weighted by Gasteiger charge is 2.44. The minimum absolute atomic E-state index is 0.212. The van der Waals surface area contributed by atoms with Gasteiger partial charge in [0.25, 0.3) is 0 Å². The Bertz CT molecular complexity index is 1320. The summed E-state index contributed by atoms with van der Waals surface area (Å²) in [6.45, 7) is 2.33. The smallest absolute Gasteiger partial charge is 0.338 e. The second kappa shape index (κ2) is 10.7. The van der Waals surface area contributed by atoms with E-state index in [0.29, 0.717) is 58.5 Å². The van der Waals surface area contributed by atoms with E-state index in [-0.39, 0.29) is 11.9 Å². The minimum Gasteiger partial charge on any atom is -0.463 e. The maximum absolute atomic E-state index is 13.3. The Hall–Kier alpha value is -1.54. The van der Waals surface area contributed by atoms with Crippen LogP contribution in [-0.2, 0) is 19.6 Å². The normalized spacial score (nSPS) is 22.6. The summed E-state index contributed by atoms with van der Waals surface area (Å²) in [5.74, 6) is 0.133. The number of thiazole rings is 1. The number of amidine groups is 1. The second-order valence-electron chi connectivity index (χ2n) is 9.02. The maximum Gasteiger partial charge on any atom is 0.338 e. The van der Waals surface area contributed by atoms with Crippen LogP contribution in [0.2, 0.25) is 5.02 Å². The Kier molecular flexibility index (Phi) is 7.74. The number of aromatic nitrogens is 1. The zero-order valence-electron chi connectivity index (χ0n) is 19.6. The summed E-state index contributed by atoms with van der Waals surface area (Å²) in [5.41, 5.74) is 1.78. The van der Waals surface area contributed by atoms with Crippen molar-refractivity contribution in [3.05, 3.63) is 60.2 Å². The molecule has 1 saturated heterocycles. The molecular formula is C24H26ClIN4O4S2. The zero-order chi connectivity index (χ0) is 25.4. The largest absolute Gasteiger partial charge is 0.463 e. The number of nitrogens with one attached hydrogen (secondary N) is 1. The summed E-state index contributed by atoms with van der Waals surface area (Å²) in [6, 6.07) is 4.55. The Morgan fingerprint density at radius 3 is 2.78 bits per heavy atom. The van der Waals surface area contributed by atoms with E-state index in [1.807, 2.05) is 28.5 Å². The van der Waals surface area contributed by atoms with E-state index in [4.69, 9.17) is 21.3 Å². The van der Waals surface area contributed by atoms with Crippen molar-refractivity contribution in [1.82, 2.24) is 14.6 Å². The Balaban J connectivity index is 1.59. The van der Waals surface area contributed by atoms with Crippen LogP contribution in [0.3, 0.4) is 0 Å². The maximum atomic E-state index is 13.3. The van der Waals surface area contributed by atoms with Gasteiger partial charge in [-0.05, 0) is 54.5 Å². The van der Waals surface area contributed by atoms with E-state index in [1.165, 1.54) is 11.3 Å². The number of esters is 1. The van der Waals surface area contributed by atoms with Gasteiger partial charge >= 0.3 is 5.97 Å². The molecule has 8 nitrogen and oxygen atoms in total. The highest BCUT2D eigenvalue weighted by atomic mass is 127. The number of nitrogens with zero attached hydrogens (tertiary/aromatic N) is 3. The minimum atomic E-state index is -3.47. The highest BCUT2D eigenvalue weighted by Crippen LogP contribution is 2.43. The van der Waals surface area contributed by atoms with Crippen LogP contribution in [0.25, 0.3) is 0 Å². The molecule has 1 saturated carbocycles. The van der Waals surface area contributed by atoms with Gasteiger partial charge in [-0.15, -0.1) is 11.3 Å². The third-order valence-corrected chi connectivity index (χ3v) is 10.5. The van der Waals surface area contributed by atoms with E-state index in [2.05, 4.69) is 32.3 Å². The number of benzene rings is 1. The lowest BCUT2D eigenvalue weighted by Gasteiger charge is -2.31. The van der Waals surface area contributed by atoms with E-state index >= 15 is 0 Å². The van der Waals surface area contributed by atoms with Crippen molar-refractivity contribution in [3.63, 3.8) is 0 Å². The van der Waals surface area contributed by atoms with Crippen LogP contribution in [0.15, 0.2) is 46.0 Å². The molecule has 0 bridgehead atoms. The number of sulfonamides is 1. The number of halogens is 2. The number of hydrogen-bond donors (Lipinski definition) is 1. The molecule has 12 heteroatoms. The number of ether oxygens (including phenoxy) is 1. The molecule has 2 aromatic rings. The van der Waals surface area contributed by atoms with Crippen LogP contribution >= 0.6 is 45.5 Å². The molecule has 2 aliphatic heterocycles. The molecule has 3 aliphatic rings. The lowest BCUT2D eigenvalue weighted by Crippen LogP contribution is -2.42. The van der Waals surface area contributed by atoms with E-state index in [0.717, 1.165) is 16.4 Å². The molecule has 192 valence electrons. The SMILES string of the molecule is CCOC(=O)C1=C2C[C@H](NS(=O)(=O)C3CCCC3)CN2C(c2nccs2)=N[C@H]1c1ccc(I)cc1Cl. The van der Waals surface area contributed by atoms with E-state index < -0.39 is 28.1 Å². The Labute approximate surface area is 233 Å². The van der Waals surface area contributed by atoms with Gasteiger partial charge in [0.15, 0.2) is 10.8 Å². The molecule has 1 aromatic heterocycles. The topological polar surface area (TPSA) is 101 Å². The summed E-state index contributed by atoms with van der Waals surface area (Å²) in [5, 5.41) is 2.70. The molecule has 0 radical (unpaired) electrons. The molecule has 0 amide bonds. The van der Waals surface area contributed by atoms with Crippen molar-refractivity contribution >= 4 is 67.4 Å². The van der Waals surface area contributed by atoms with Crippen LogP contribution in [-0.4, -0.2) is 54.6 Å². The predicted molar refractivity (Wildman–Crippen MR) is 149 cm³/mol. The first-order chi connectivity index (χ1) is 17.3. The molecule has 2 atom stereocenters. The first-order valence-corrected chi connectivity index (χ1v) is 15.8. The molecule has 2 fully saturated rings. The number of fused-ring (bicyclic) bond motifs is 1. The van der Waals surface area contributed by atoms with Crippen molar-refractivity contribution in [1.29, 1.82) is 0 Å². The quantitative estimate of drug-likeness (QED) is 0.343. The fourth-order valence-corrected chi connectivity index (χ4v) is 8.49. The molecule has 36 heavy (non-hydrogen) atoms. The van der Waals surface area contributed by atoms with Gasteiger partial charge in [-0.1, -0.05) is 30.5 Å². The predicted octanol–water partition coefficient (Wildman–Crippen LogP) is 4.66. The lowest BCUT2D eigenvalue weighted by molar-refractivity contribution is -0.139. The van der Waals surface area contributed by atoms with Crippen LogP contribution in [0.5, 0.6) is 0 Å². The summed E-state index contributed by atoms with van der Waals surface area (Å²) in [6.07, 6.45) is 5.28. The highest BCUT2D eigenvalue weighted by molar-refractivity contribution is 14.1. The first kappa shape index (κ1) is 26.1. The number of carbonyl (C=O) groups excluding carboxylic acids is 1. The summed E-state index contributed by atoms with van der Waals surface area (Å²) in [4.78, 5) is 24.7.